The van der Waals surface area contributed by atoms with Crippen LogP contribution in [0.15, 0.2) is 42.5 Å². The van der Waals surface area contributed by atoms with Gasteiger partial charge in [-0.3, -0.25) is 19.7 Å². The lowest BCUT2D eigenvalue weighted by molar-refractivity contribution is -0.179. The van der Waals surface area contributed by atoms with Gasteiger partial charge in [-0.25, -0.2) is 0 Å². The predicted octanol–water partition coefficient (Wildman–Crippen LogP) is 3.14. The first-order chi connectivity index (χ1) is 16.5. The van der Waals surface area contributed by atoms with Gasteiger partial charge in [0, 0.05) is 25.3 Å². The van der Waals surface area contributed by atoms with Gasteiger partial charge in [0.15, 0.2) is 0 Å². The van der Waals surface area contributed by atoms with Crippen molar-refractivity contribution in [2.75, 3.05) is 30.5 Å². The minimum Gasteiger partial charge on any atom is -0.466 e. The molecular formula is C24H21ClF3N3O4. The third-order valence-electron chi connectivity index (χ3n) is 7.34. The normalized spacial score (nSPS) is 29.3. The molecule has 3 aliphatic heterocycles. The van der Waals surface area contributed by atoms with Crippen molar-refractivity contribution in [3.05, 3.63) is 58.6 Å². The molecule has 0 bridgehead atoms. The largest absolute Gasteiger partial charge is 0.466 e. The molecule has 184 valence electrons. The van der Waals surface area contributed by atoms with E-state index in [0.29, 0.717) is 5.69 Å². The highest BCUT2D eigenvalue weighted by atomic mass is 35.5. The molecule has 2 aromatic carbocycles. The number of alkyl halides is 3. The van der Waals surface area contributed by atoms with Gasteiger partial charge in [-0.2, -0.15) is 13.2 Å². The summed E-state index contributed by atoms with van der Waals surface area (Å²) in [5, 5.41) is 2.58. The van der Waals surface area contributed by atoms with Gasteiger partial charge in [-0.1, -0.05) is 41.9 Å². The zero-order valence-corrected chi connectivity index (χ0v) is 19.7. The van der Waals surface area contributed by atoms with E-state index in [1.165, 1.54) is 50.2 Å². The van der Waals surface area contributed by atoms with Gasteiger partial charge in [0.1, 0.15) is 22.9 Å². The molecule has 1 N–H and O–H groups in total. The van der Waals surface area contributed by atoms with Gasteiger partial charge in [-0.15, -0.1) is 0 Å². The maximum Gasteiger partial charge on any atom is 0.404 e. The molecular weight excluding hydrogens is 487 g/mol. The van der Waals surface area contributed by atoms with Gasteiger partial charge < -0.3 is 14.5 Å². The number of halogens is 4. The molecule has 2 amide bonds. The first kappa shape index (κ1) is 23.6. The van der Waals surface area contributed by atoms with Crippen molar-refractivity contribution in [1.82, 2.24) is 5.32 Å². The van der Waals surface area contributed by atoms with E-state index in [2.05, 4.69) is 5.32 Å². The second kappa shape index (κ2) is 7.44. The van der Waals surface area contributed by atoms with E-state index >= 15 is 0 Å². The zero-order chi connectivity index (χ0) is 25.5. The quantitative estimate of drug-likeness (QED) is 0.632. The van der Waals surface area contributed by atoms with Gasteiger partial charge in [0.25, 0.3) is 5.91 Å². The van der Waals surface area contributed by atoms with Crippen molar-refractivity contribution in [2.45, 2.75) is 30.1 Å². The molecule has 5 rings (SSSR count). The number of esters is 1. The molecule has 3 heterocycles. The predicted molar refractivity (Wildman–Crippen MR) is 121 cm³/mol. The van der Waals surface area contributed by atoms with E-state index in [-0.39, 0.29) is 28.4 Å². The zero-order valence-electron chi connectivity index (χ0n) is 18.9. The van der Waals surface area contributed by atoms with Crippen LogP contribution in [0.2, 0.25) is 5.02 Å². The summed E-state index contributed by atoms with van der Waals surface area (Å²) in [6.07, 6.45) is -5.00. The summed E-state index contributed by atoms with van der Waals surface area (Å²) in [4.78, 5) is 44.0. The molecule has 7 nitrogen and oxygen atoms in total. The van der Waals surface area contributed by atoms with Crippen LogP contribution in [0.4, 0.5) is 24.5 Å². The highest BCUT2D eigenvalue weighted by Gasteiger charge is 2.82. The standard InChI is InChI=1S/C24H21ClF3N3O4/c1-4-35-19(32)16-18(24(26,27)28)29-23(12-8-5-6-11-15(12)30(2)21(23)34)22(16)13-9-7-10-14(25)17(13)31(3)20(22)33/h5-11,16,18,29H,4H2,1-3H3/t16-,18-,22+,23+/m1/s1. The molecule has 0 unspecified atom stereocenters. The number of ether oxygens (including phenoxy) is 1. The van der Waals surface area contributed by atoms with Crippen LogP contribution in [0, 0.1) is 5.92 Å². The number of hydrogen-bond acceptors (Lipinski definition) is 5. The number of carbonyl (C=O) groups is 3. The Labute approximate surface area is 203 Å². The maximum atomic E-state index is 14.6. The smallest absolute Gasteiger partial charge is 0.404 e. The Hall–Kier alpha value is -3.11. The highest BCUT2D eigenvalue weighted by Crippen LogP contribution is 2.65. The first-order valence-corrected chi connectivity index (χ1v) is 11.3. The van der Waals surface area contributed by atoms with Gasteiger partial charge in [0.05, 0.1) is 17.3 Å². The van der Waals surface area contributed by atoms with E-state index in [0.717, 1.165) is 4.90 Å². The minimum atomic E-state index is -5.00. The number of para-hydroxylation sites is 2. The van der Waals surface area contributed by atoms with Crippen LogP contribution >= 0.6 is 11.6 Å². The number of benzene rings is 2. The Balaban J connectivity index is 1.97. The van der Waals surface area contributed by atoms with Crippen LogP contribution in [-0.4, -0.2) is 50.7 Å². The van der Waals surface area contributed by atoms with Crippen molar-refractivity contribution >= 4 is 40.8 Å². The number of nitrogens with one attached hydrogen (secondary N) is 1. The molecule has 0 saturated carbocycles. The van der Waals surface area contributed by atoms with Crippen LogP contribution in [0.1, 0.15) is 18.1 Å². The molecule has 1 saturated heterocycles. The third kappa shape index (κ3) is 2.64. The Morgan fingerprint density at radius 1 is 1.06 bits per heavy atom. The van der Waals surface area contributed by atoms with Crippen molar-refractivity contribution in [2.24, 2.45) is 5.92 Å². The lowest BCUT2D eigenvalue weighted by Gasteiger charge is -2.40. The summed E-state index contributed by atoms with van der Waals surface area (Å²) in [6.45, 7) is 1.25. The van der Waals surface area contributed by atoms with Crippen LogP contribution in [0.5, 0.6) is 0 Å². The van der Waals surface area contributed by atoms with Crippen LogP contribution in [0.3, 0.4) is 0 Å². The van der Waals surface area contributed by atoms with Gasteiger partial charge in [0.2, 0.25) is 5.91 Å². The van der Waals surface area contributed by atoms with Gasteiger partial charge in [-0.05, 0) is 24.6 Å². The number of likely N-dealkylation sites (N-methyl/N-ethyl adjacent to an activating group) is 2. The molecule has 2 aromatic rings. The van der Waals surface area contributed by atoms with E-state index < -0.39 is 46.9 Å². The monoisotopic (exact) mass is 507 g/mol. The molecule has 35 heavy (non-hydrogen) atoms. The topological polar surface area (TPSA) is 79.0 Å². The van der Waals surface area contributed by atoms with E-state index in [9.17, 15) is 27.6 Å². The third-order valence-corrected chi connectivity index (χ3v) is 7.65. The molecule has 1 fully saturated rings. The Bertz CT molecular complexity index is 1280. The van der Waals surface area contributed by atoms with Crippen molar-refractivity contribution < 1.29 is 32.3 Å². The molecule has 11 heteroatoms. The number of nitrogens with zero attached hydrogens (tertiary/aromatic N) is 2. The average Bonchev–Trinajstić information content (AvgIpc) is 3.34. The van der Waals surface area contributed by atoms with Crippen LogP contribution < -0.4 is 15.1 Å². The first-order valence-electron chi connectivity index (χ1n) is 10.9. The SMILES string of the molecule is CCOC(=O)[C@H]1[C@H](C(F)(F)F)N[C@@]2(C(=O)N(C)c3ccccc32)[C@]12C(=O)N(C)c1c(Cl)cccc12. The van der Waals surface area contributed by atoms with E-state index in [1.807, 2.05) is 0 Å². The van der Waals surface area contributed by atoms with Gasteiger partial charge >= 0.3 is 12.1 Å². The molecule has 3 aliphatic rings. The second-order valence-corrected chi connectivity index (χ2v) is 9.24. The van der Waals surface area contributed by atoms with Crippen molar-refractivity contribution in [3.8, 4) is 0 Å². The fraction of sp³-hybridized carbons (Fsp3) is 0.375. The number of fused-ring (bicyclic) bond motifs is 5. The van der Waals surface area contributed by atoms with Crippen LogP contribution in [-0.2, 0) is 30.1 Å². The number of anilines is 2. The average molecular weight is 508 g/mol. The maximum absolute atomic E-state index is 14.6. The summed E-state index contributed by atoms with van der Waals surface area (Å²) in [5.41, 5.74) is -3.83. The number of amides is 2. The van der Waals surface area contributed by atoms with Crippen molar-refractivity contribution in [3.63, 3.8) is 0 Å². The molecule has 0 radical (unpaired) electrons. The minimum absolute atomic E-state index is 0.0632. The van der Waals surface area contributed by atoms with Crippen LogP contribution in [0.25, 0.3) is 0 Å². The number of carbonyl (C=O) groups excluding carboxylic acids is 3. The van der Waals surface area contributed by atoms with Crippen molar-refractivity contribution in [1.29, 1.82) is 0 Å². The molecule has 2 spiro atoms. The lowest BCUT2D eigenvalue weighted by atomic mass is 9.59. The fourth-order valence-corrected chi connectivity index (χ4v) is 6.43. The summed E-state index contributed by atoms with van der Waals surface area (Å²) in [6, 6.07) is 8.18. The Morgan fingerprint density at radius 2 is 1.71 bits per heavy atom. The Morgan fingerprint density at radius 3 is 2.37 bits per heavy atom. The van der Waals surface area contributed by atoms with E-state index in [1.54, 1.807) is 18.2 Å². The fourth-order valence-electron chi connectivity index (χ4n) is 6.13. The number of hydrogen-bond donors (Lipinski definition) is 1. The second-order valence-electron chi connectivity index (χ2n) is 8.83. The molecule has 0 aromatic heterocycles. The van der Waals surface area contributed by atoms with E-state index in [4.69, 9.17) is 16.3 Å². The number of rotatable bonds is 2. The summed E-state index contributed by atoms with van der Waals surface area (Å²) in [5.74, 6) is -4.96. The highest BCUT2D eigenvalue weighted by molar-refractivity contribution is 6.35. The summed E-state index contributed by atoms with van der Waals surface area (Å²) < 4.78 is 49.0. The molecule has 4 atom stereocenters. The molecule has 0 aliphatic carbocycles. The Kier molecular flexibility index (Phi) is 5.02. The lowest BCUT2D eigenvalue weighted by Crippen LogP contribution is -2.63. The summed E-state index contributed by atoms with van der Waals surface area (Å²) >= 11 is 6.42. The summed E-state index contributed by atoms with van der Waals surface area (Å²) in [7, 11) is 2.79.